The summed E-state index contributed by atoms with van der Waals surface area (Å²) in [6.07, 6.45) is 1.14. The van der Waals surface area contributed by atoms with E-state index in [0.29, 0.717) is 0 Å². The maximum Gasteiger partial charge on any atom is 2.00 e. The molecule has 0 spiro atoms. The van der Waals surface area contributed by atoms with Gasteiger partial charge in [0, 0.05) is 36.6 Å². The first kappa shape index (κ1) is 22.4. The fourth-order valence-electron chi connectivity index (χ4n) is 0.793. The van der Waals surface area contributed by atoms with Gasteiger partial charge in [-0.3, -0.25) is 8.42 Å². The van der Waals surface area contributed by atoms with E-state index in [-0.39, 0.29) is 17.1 Å². The van der Waals surface area contributed by atoms with Crippen LogP contribution in [-0.2, 0) is 27.5 Å². The molecule has 0 aliphatic carbocycles. The van der Waals surface area contributed by atoms with E-state index in [1.165, 1.54) is 0 Å². The Morgan fingerprint density at radius 1 is 0.882 bits per heavy atom. The summed E-state index contributed by atoms with van der Waals surface area (Å²) in [5.41, 5.74) is 10.6. The molecule has 0 aliphatic rings. The Morgan fingerprint density at radius 3 is 1.41 bits per heavy atom. The summed E-state index contributed by atoms with van der Waals surface area (Å²) in [5.74, 6) is 0. The van der Waals surface area contributed by atoms with Gasteiger partial charge in [0.2, 0.25) is 0 Å². The van der Waals surface area contributed by atoms with Crippen LogP contribution in [0.15, 0.2) is 0 Å². The van der Waals surface area contributed by atoms with Gasteiger partial charge in [-0.15, -0.1) is 0 Å². The normalized spacial score (nSPS) is 10.1. The molecule has 0 aliphatic heterocycles. The topological polar surface area (TPSA) is 156 Å². The Balaban J connectivity index is -0.000000280. The molecule has 10 heteroatoms. The van der Waals surface area contributed by atoms with Gasteiger partial charge in [0.1, 0.15) is 0 Å². The average molecular weight is 320 g/mol. The van der Waals surface area contributed by atoms with Gasteiger partial charge in [-0.25, -0.2) is 0 Å². The number of rotatable bonds is 8. The fraction of sp³-hybridized carbons (Fsp3) is 1.00. The van der Waals surface area contributed by atoms with Crippen molar-refractivity contribution in [2.45, 2.75) is 6.42 Å². The zero-order valence-electron chi connectivity index (χ0n) is 9.45. The van der Waals surface area contributed by atoms with E-state index in [4.69, 9.17) is 29.0 Å². The Kier molecular flexibility index (Phi) is 21.4. The number of hydrogen-bond donors (Lipinski definition) is 4. The zero-order valence-corrected chi connectivity index (χ0v) is 11.2. The first-order chi connectivity index (χ1) is 7.41. The fourth-order valence-corrected chi connectivity index (χ4v) is 0.793. The molecule has 8 nitrogen and oxygen atoms in total. The van der Waals surface area contributed by atoms with Crippen LogP contribution in [0.1, 0.15) is 6.42 Å². The minimum atomic E-state index is -5.17. The van der Waals surface area contributed by atoms with Crippen LogP contribution in [0.4, 0.5) is 0 Å². The van der Waals surface area contributed by atoms with Gasteiger partial charge in [-0.1, -0.05) is 0 Å². The average Bonchev–Trinajstić information content (AvgIpc) is 2.14. The first-order valence-electron chi connectivity index (χ1n) is 4.90. The molecule has 6 N–H and O–H groups in total. The van der Waals surface area contributed by atoms with Gasteiger partial charge in [-0.05, 0) is 19.5 Å². The van der Waals surface area contributed by atoms with Crippen LogP contribution in [0.25, 0.3) is 0 Å². The van der Waals surface area contributed by atoms with Crippen molar-refractivity contribution in [2.75, 3.05) is 39.3 Å². The predicted octanol–water partition coefficient (Wildman–Crippen LogP) is -2.87. The molecule has 0 unspecified atom stereocenters. The van der Waals surface area contributed by atoms with Gasteiger partial charge in [-0.2, -0.15) is 0 Å². The number of hydrogen-bond acceptors (Lipinski definition) is 8. The third kappa shape index (κ3) is 48.5. The molecule has 109 valence electrons. The molecular formula is C7H20CuN4O4S. The van der Waals surface area contributed by atoms with Crippen LogP contribution >= 0.6 is 0 Å². The van der Waals surface area contributed by atoms with Gasteiger partial charge in [0.15, 0.2) is 0 Å². The molecule has 0 atom stereocenters. The maximum atomic E-state index is 8.52. The minimum Gasteiger partial charge on any atom is -0.759 e. The quantitative estimate of drug-likeness (QED) is 0.161. The first-order valence-corrected chi connectivity index (χ1v) is 6.23. The molecule has 0 heterocycles. The van der Waals surface area contributed by atoms with E-state index < -0.39 is 10.4 Å². The van der Waals surface area contributed by atoms with Crippen molar-refractivity contribution >= 4 is 10.4 Å². The summed E-state index contributed by atoms with van der Waals surface area (Å²) in [5, 5.41) is 6.43. The second-order valence-electron chi connectivity index (χ2n) is 2.84. The third-order valence-corrected chi connectivity index (χ3v) is 1.35. The summed E-state index contributed by atoms with van der Waals surface area (Å²) in [6.45, 7) is 5.34. The van der Waals surface area contributed by atoms with Crippen molar-refractivity contribution in [1.29, 1.82) is 0 Å². The zero-order chi connectivity index (χ0) is 12.9. The van der Waals surface area contributed by atoms with E-state index in [2.05, 4.69) is 10.6 Å². The molecule has 0 saturated heterocycles. The predicted molar refractivity (Wildman–Crippen MR) is 58.9 cm³/mol. The van der Waals surface area contributed by atoms with Crippen molar-refractivity contribution in [1.82, 2.24) is 10.6 Å². The Labute approximate surface area is 113 Å². The van der Waals surface area contributed by atoms with Gasteiger partial charge in [0.05, 0.1) is 0 Å². The third-order valence-electron chi connectivity index (χ3n) is 1.35. The number of nitrogens with one attached hydrogen (secondary N) is 2. The second-order valence-corrected chi connectivity index (χ2v) is 3.66. The van der Waals surface area contributed by atoms with Crippen LogP contribution < -0.4 is 22.1 Å². The van der Waals surface area contributed by atoms with E-state index in [1.54, 1.807) is 0 Å². The molecular weight excluding hydrogens is 300 g/mol. The van der Waals surface area contributed by atoms with Gasteiger partial charge >= 0.3 is 17.1 Å². The summed E-state index contributed by atoms with van der Waals surface area (Å²) in [7, 11) is -5.17. The molecule has 0 bridgehead atoms. The van der Waals surface area contributed by atoms with E-state index in [9.17, 15) is 0 Å². The largest absolute Gasteiger partial charge is 2.00 e. The molecule has 17 heavy (non-hydrogen) atoms. The smallest absolute Gasteiger partial charge is 0.759 e. The minimum absolute atomic E-state index is 0. The van der Waals surface area contributed by atoms with E-state index in [0.717, 1.165) is 45.7 Å². The Bertz CT molecular complexity index is 212. The van der Waals surface area contributed by atoms with Gasteiger partial charge < -0.3 is 31.2 Å². The van der Waals surface area contributed by atoms with E-state index in [1.807, 2.05) is 0 Å². The molecule has 0 saturated carbocycles. The summed E-state index contributed by atoms with van der Waals surface area (Å²) in [6, 6.07) is 0. The van der Waals surface area contributed by atoms with Crippen LogP contribution in [0.2, 0.25) is 0 Å². The Morgan fingerprint density at radius 2 is 1.18 bits per heavy atom. The monoisotopic (exact) mass is 319 g/mol. The van der Waals surface area contributed by atoms with Crippen molar-refractivity contribution in [3.8, 4) is 0 Å². The van der Waals surface area contributed by atoms with Crippen LogP contribution in [0.5, 0.6) is 0 Å². The standard InChI is InChI=1S/C7H20N4.Cu.H2O4S/c8-2-6-10-4-1-5-11-7-3-9;;1-5(2,3)4/h10-11H,1-9H2;;(H2,1,2,3,4)/q;+2;/p-2. The van der Waals surface area contributed by atoms with Crippen molar-refractivity contribution in [3.63, 3.8) is 0 Å². The molecule has 0 aromatic rings. The van der Waals surface area contributed by atoms with Crippen molar-refractivity contribution in [3.05, 3.63) is 0 Å². The molecule has 0 aromatic heterocycles. The summed E-state index contributed by atoms with van der Waals surface area (Å²) < 4.78 is 34.1. The van der Waals surface area contributed by atoms with Gasteiger partial charge in [0.25, 0.3) is 0 Å². The summed E-state index contributed by atoms with van der Waals surface area (Å²) in [4.78, 5) is 0. The second kappa shape index (κ2) is 16.2. The summed E-state index contributed by atoms with van der Waals surface area (Å²) >= 11 is 0. The molecule has 0 aromatic carbocycles. The maximum absolute atomic E-state index is 8.52. The van der Waals surface area contributed by atoms with Crippen LogP contribution in [0.3, 0.4) is 0 Å². The molecule has 0 fully saturated rings. The number of nitrogens with two attached hydrogens (primary N) is 2. The van der Waals surface area contributed by atoms with Crippen LogP contribution in [-0.4, -0.2) is 56.8 Å². The van der Waals surface area contributed by atoms with Crippen LogP contribution in [0, 0.1) is 0 Å². The molecule has 0 amide bonds. The SMILES string of the molecule is NCCNCCCNCCN.O=S(=O)([O-])[O-].[Cu+2]. The molecule has 1 radical (unpaired) electrons. The van der Waals surface area contributed by atoms with Crippen molar-refractivity contribution < 1.29 is 34.6 Å². The van der Waals surface area contributed by atoms with E-state index >= 15 is 0 Å². The van der Waals surface area contributed by atoms with Crippen molar-refractivity contribution in [2.24, 2.45) is 11.5 Å². The Hall–Kier alpha value is 0.229. The molecule has 0 rings (SSSR count).